The Labute approximate surface area is 190 Å². The molecule has 0 aliphatic heterocycles. The van der Waals surface area contributed by atoms with Crippen LogP contribution in [0.1, 0.15) is 61.2 Å². The molecule has 0 heterocycles. The number of aryl methyl sites for hydroxylation is 6. The van der Waals surface area contributed by atoms with Crippen molar-refractivity contribution in [2.24, 2.45) is 0 Å². The number of benzene rings is 3. The second-order valence-corrected chi connectivity index (χ2v) is 9.49. The second kappa shape index (κ2) is 8.43. The fourth-order valence-corrected chi connectivity index (χ4v) is 5.72. The van der Waals surface area contributed by atoms with E-state index < -0.39 is 0 Å². The molecule has 31 heavy (non-hydrogen) atoms. The molecule has 0 spiro atoms. The monoisotopic (exact) mass is 406 g/mol. The molecule has 0 radical (unpaired) electrons. The van der Waals surface area contributed by atoms with E-state index in [2.05, 4.69) is 99.4 Å². The normalized spacial score (nSPS) is 10.9. The van der Waals surface area contributed by atoms with Gasteiger partial charge < -0.3 is 0 Å². The van der Waals surface area contributed by atoms with E-state index in [1.54, 1.807) is 0 Å². The predicted octanol–water partition coefficient (Wildman–Crippen LogP) is 5.27. The van der Waals surface area contributed by atoms with Gasteiger partial charge in [-0.25, -0.2) is 0 Å². The van der Waals surface area contributed by atoms with Gasteiger partial charge in [0.25, 0.3) is 0 Å². The molecule has 0 aromatic heterocycles. The summed E-state index contributed by atoms with van der Waals surface area (Å²) in [6, 6.07) is 9.31. The van der Waals surface area contributed by atoms with Crippen LogP contribution >= 0.6 is 0 Å². The maximum atomic E-state index is 5.92. The molecule has 3 aromatic carbocycles. The lowest BCUT2D eigenvalue weighted by Gasteiger charge is -2.29. The summed E-state index contributed by atoms with van der Waals surface area (Å²) < 4.78 is 0. The average molecular weight is 406 g/mol. The summed E-state index contributed by atoms with van der Waals surface area (Å²) in [6.07, 6.45) is 5.92. The summed E-state index contributed by atoms with van der Waals surface area (Å²) in [5.74, 6) is 2.95. The first-order valence-electron chi connectivity index (χ1n) is 11.2. The van der Waals surface area contributed by atoms with Crippen LogP contribution in [0.15, 0.2) is 24.3 Å². The minimum atomic E-state index is 0.186. The Kier molecular flexibility index (Phi) is 6.24. The highest BCUT2D eigenvalue weighted by Crippen LogP contribution is 2.22. The third-order valence-corrected chi connectivity index (χ3v) is 7.17. The molecule has 0 fully saturated rings. The highest BCUT2D eigenvalue weighted by molar-refractivity contribution is 6.97. The second-order valence-electron chi connectivity index (χ2n) is 9.49. The Bertz CT molecular complexity index is 1100. The van der Waals surface area contributed by atoms with Crippen molar-refractivity contribution >= 4 is 23.1 Å². The predicted molar refractivity (Wildman–Crippen MR) is 139 cm³/mol. The van der Waals surface area contributed by atoms with Crippen LogP contribution in [0.5, 0.6) is 0 Å². The Balaban J connectivity index is 2.54. The molecule has 1 heteroatoms. The SMILES string of the molecule is C#Cc1c(C)c(C)c(B(c2c(C)cc(C)cc2C)c2c(C)cc(C)cc2C)c(C)c1C. The van der Waals surface area contributed by atoms with E-state index in [-0.39, 0.29) is 6.71 Å². The molecular formula is C30H35B. The largest absolute Gasteiger partial charge is 0.243 e. The summed E-state index contributed by atoms with van der Waals surface area (Å²) in [7, 11) is 0. The highest BCUT2D eigenvalue weighted by Gasteiger charge is 2.32. The zero-order chi connectivity index (χ0) is 23.2. The van der Waals surface area contributed by atoms with Crippen molar-refractivity contribution in [3.8, 4) is 12.3 Å². The summed E-state index contributed by atoms with van der Waals surface area (Å²) >= 11 is 0. The Hall–Kier alpha value is -2.72. The van der Waals surface area contributed by atoms with E-state index in [4.69, 9.17) is 6.42 Å². The number of terminal acetylenes is 1. The van der Waals surface area contributed by atoms with Crippen LogP contribution in [0.25, 0.3) is 0 Å². The summed E-state index contributed by atoms with van der Waals surface area (Å²) in [5.41, 5.74) is 18.5. The van der Waals surface area contributed by atoms with Crippen molar-refractivity contribution in [3.63, 3.8) is 0 Å². The molecule has 3 rings (SSSR count). The molecule has 0 saturated heterocycles. The van der Waals surface area contributed by atoms with Gasteiger partial charge in [0.1, 0.15) is 0 Å². The third-order valence-electron chi connectivity index (χ3n) is 7.17. The van der Waals surface area contributed by atoms with Gasteiger partial charge in [-0.2, -0.15) is 0 Å². The van der Waals surface area contributed by atoms with Crippen LogP contribution in [0.3, 0.4) is 0 Å². The van der Waals surface area contributed by atoms with E-state index >= 15 is 0 Å². The van der Waals surface area contributed by atoms with E-state index in [1.807, 2.05) is 0 Å². The van der Waals surface area contributed by atoms with Crippen LogP contribution in [0.4, 0.5) is 0 Å². The van der Waals surface area contributed by atoms with Crippen molar-refractivity contribution in [3.05, 3.63) is 85.5 Å². The molecule has 3 aromatic rings. The first kappa shape index (κ1) is 23.0. The third kappa shape index (κ3) is 3.85. The van der Waals surface area contributed by atoms with E-state index in [1.165, 1.54) is 72.0 Å². The quantitative estimate of drug-likeness (QED) is 0.411. The number of hydrogen-bond acceptors (Lipinski definition) is 0. The lowest BCUT2D eigenvalue weighted by molar-refractivity contribution is 1.24. The standard InChI is InChI=1S/C30H35B/c1-12-27-23(8)25(10)30(26(11)24(27)9)31(28-19(4)13-17(2)14-20(28)5)29-21(6)15-18(3)16-22(29)7/h1,13-16H,2-11H3. The summed E-state index contributed by atoms with van der Waals surface area (Å²) in [6.45, 7) is 22.5. The maximum absolute atomic E-state index is 5.92. The average Bonchev–Trinajstić information content (AvgIpc) is 2.65. The van der Waals surface area contributed by atoms with Crippen molar-refractivity contribution in [1.29, 1.82) is 0 Å². The van der Waals surface area contributed by atoms with E-state index in [0.29, 0.717) is 0 Å². The van der Waals surface area contributed by atoms with Crippen molar-refractivity contribution < 1.29 is 0 Å². The molecule has 0 amide bonds. The molecule has 0 unspecified atom stereocenters. The topological polar surface area (TPSA) is 0 Å². The maximum Gasteiger partial charge on any atom is 0.243 e. The van der Waals surface area contributed by atoms with Crippen LogP contribution < -0.4 is 16.4 Å². The zero-order valence-corrected chi connectivity index (χ0v) is 21.0. The minimum Gasteiger partial charge on any atom is -0.115 e. The number of rotatable bonds is 3. The molecule has 0 aliphatic carbocycles. The fourth-order valence-electron chi connectivity index (χ4n) is 5.72. The van der Waals surface area contributed by atoms with Crippen molar-refractivity contribution in [2.75, 3.05) is 0 Å². The first-order chi connectivity index (χ1) is 14.5. The molecule has 0 nitrogen and oxygen atoms in total. The molecular weight excluding hydrogens is 371 g/mol. The van der Waals surface area contributed by atoms with Gasteiger partial charge in [-0.3, -0.25) is 0 Å². The van der Waals surface area contributed by atoms with Gasteiger partial charge in [-0.1, -0.05) is 91.1 Å². The van der Waals surface area contributed by atoms with E-state index in [0.717, 1.165) is 5.56 Å². The lowest BCUT2D eigenvalue weighted by Crippen LogP contribution is -2.57. The molecule has 158 valence electrons. The van der Waals surface area contributed by atoms with Gasteiger partial charge in [0, 0.05) is 5.56 Å². The van der Waals surface area contributed by atoms with Crippen LogP contribution in [0, 0.1) is 81.6 Å². The van der Waals surface area contributed by atoms with E-state index in [9.17, 15) is 0 Å². The van der Waals surface area contributed by atoms with Gasteiger partial charge in [-0.15, -0.1) is 6.42 Å². The smallest absolute Gasteiger partial charge is 0.115 e. The van der Waals surface area contributed by atoms with Crippen LogP contribution in [0.2, 0.25) is 0 Å². The first-order valence-corrected chi connectivity index (χ1v) is 11.2. The fraction of sp³-hybridized carbons (Fsp3) is 0.333. The molecule has 0 saturated carbocycles. The lowest BCUT2D eigenvalue weighted by atomic mass is 9.32. The molecule has 0 bridgehead atoms. The Morgan fingerprint density at radius 2 is 0.839 bits per heavy atom. The summed E-state index contributed by atoms with van der Waals surface area (Å²) in [5, 5.41) is 0. The molecule has 0 aliphatic rings. The Morgan fingerprint density at radius 3 is 1.13 bits per heavy atom. The van der Waals surface area contributed by atoms with Crippen molar-refractivity contribution in [2.45, 2.75) is 69.2 Å². The van der Waals surface area contributed by atoms with Gasteiger partial charge in [0.2, 0.25) is 6.71 Å². The van der Waals surface area contributed by atoms with Gasteiger partial charge in [0.05, 0.1) is 0 Å². The van der Waals surface area contributed by atoms with Crippen LogP contribution in [-0.4, -0.2) is 6.71 Å². The molecule has 0 atom stereocenters. The number of hydrogen-bond donors (Lipinski definition) is 0. The highest BCUT2D eigenvalue weighted by atomic mass is 14.2. The minimum absolute atomic E-state index is 0.186. The molecule has 0 N–H and O–H groups in total. The van der Waals surface area contributed by atoms with Gasteiger partial charge >= 0.3 is 0 Å². The Morgan fingerprint density at radius 1 is 0.516 bits per heavy atom. The van der Waals surface area contributed by atoms with Crippen molar-refractivity contribution in [1.82, 2.24) is 0 Å². The van der Waals surface area contributed by atoms with Gasteiger partial charge in [0.15, 0.2) is 0 Å². The summed E-state index contributed by atoms with van der Waals surface area (Å²) in [4.78, 5) is 0. The van der Waals surface area contributed by atoms with Crippen LogP contribution in [-0.2, 0) is 0 Å². The zero-order valence-electron chi connectivity index (χ0n) is 21.0. The van der Waals surface area contributed by atoms with Gasteiger partial charge in [-0.05, 0) is 80.4 Å².